The second-order valence-corrected chi connectivity index (χ2v) is 9.27. The third kappa shape index (κ3) is 4.04. The van der Waals surface area contributed by atoms with Gasteiger partial charge < -0.3 is 9.30 Å². The number of imidazole rings is 1. The van der Waals surface area contributed by atoms with Crippen LogP contribution in [-0.4, -0.2) is 50.7 Å². The Hall–Kier alpha value is -2.34. The van der Waals surface area contributed by atoms with E-state index >= 15 is 0 Å². The number of hydrogen-bond acceptors (Lipinski definition) is 4. The fraction of sp³-hybridized carbons (Fsp3) is 0.565. The Bertz CT molecular complexity index is 954. The molecule has 4 rings (SSSR count). The number of ether oxygens (including phenoxy) is 1. The molecule has 0 unspecified atom stereocenters. The highest BCUT2D eigenvalue weighted by molar-refractivity contribution is 5.87. The lowest BCUT2D eigenvalue weighted by atomic mass is 9.98. The van der Waals surface area contributed by atoms with Gasteiger partial charge >= 0.3 is 6.09 Å². The third-order valence-corrected chi connectivity index (χ3v) is 5.69. The van der Waals surface area contributed by atoms with Crippen LogP contribution in [0.25, 0.3) is 16.7 Å². The molecule has 0 spiro atoms. The number of rotatable bonds is 2. The molecule has 1 aromatic heterocycles. The maximum absolute atomic E-state index is 12.9. The zero-order valence-electron chi connectivity index (χ0n) is 18.2. The molecule has 1 atom stereocenters. The first-order valence-electron chi connectivity index (χ1n) is 10.7. The molecule has 1 aromatic carbocycles. The third-order valence-electron chi connectivity index (χ3n) is 5.69. The van der Waals surface area contributed by atoms with Gasteiger partial charge in [-0.15, -0.1) is 0 Å². The van der Waals surface area contributed by atoms with Gasteiger partial charge in [-0.1, -0.05) is 26.0 Å². The molecule has 0 saturated carbocycles. The largest absolute Gasteiger partial charge is 0.443 e. The number of amides is 1. The first-order chi connectivity index (χ1) is 13.7. The predicted molar refractivity (Wildman–Crippen MR) is 115 cm³/mol. The summed E-state index contributed by atoms with van der Waals surface area (Å²) in [5, 5.41) is 0. The minimum atomic E-state index is -0.513. The molecule has 0 N–H and O–H groups in total. The lowest BCUT2D eigenvalue weighted by Gasteiger charge is -2.33. The van der Waals surface area contributed by atoms with Gasteiger partial charge in [0.1, 0.15) is 11.4 Å². The smallest absolute Gasteiger partial charge is 0.414 e. The van der Waals surface area contributed by atoms with Crippen molar-refractivity contribution in [1.82, 2.24) is 19.4 Å². The first kappa shape index (κ1) is 20.0. The maximum Gasteiger partial charge on any atom is 0.414 e. The Morgan fingerprint density at radius 1 is 1.28 bits per heavy atom. The highest BCUT2D eigenvalue weighted by Gasteiger charge is 2.29. The molecule has 1 amide bonds. The molecule has 6 heteroatoms. The lowest BCUT2D eigenvalue weighted by molar-refractivity contribution is 0.0327. The fourth-order valence-electron chi connectivity index (χ4n) is 4.17. The van der Waals surface area contributed by atoms with Gasteiger partial charge in [0.15, 0.2) is 0 Å². The van der Waals surface area contributed by atoms with Crippen LogP contribution in [0.4, 0.5) is 4.79 Å². The van der Waals surface area contributed by atoms with E-state index in [1.165, 1.54) is 5.52 Å². The number of nitrogens with zero attached hydrogens (tertiary/aromatic N) is 4. The average molecular weight is 397 g/mol. The van der Waals surface area contributed by atoms with Crippen molar-refractivity contribution in [2.45, 2.75) is 59.7 Å². The molecular formula is C23H32N4O2. The highest BCUT2D eigenvalue weighted by atomic mass is 16.6. The SMILES string of the molecule is CCN1CCn2c(nc3cc(C4=CC[C@H](C)CN4C(=O)OC(C)(C)C)ccc32)C1. The molecule has 2 aliphatic heterocycles. The number of benzene rings is 1. The van der Waals surface area contributed by atoms with Crippen molar-refractivity contribution in [3.05, 3.63) is 35.7 Å². The number of allylic oxidation sites excluding steroid dienone is 1. The van der Waals surface area contributed by atoms with Gasteiger partial charge in [0, 0.05) is 25.2 Å². The fourth-order valence-corrected chi connectivity index (χ4v) is 4.17. The Kier molecular flexibility index (Phi) is 5.15. The molecule has 2 aliphatic rings. The van der Waals surface area contributed by atoms with Crippen LogP contribution in [-0.2, 0) is 17.8 Å². The summed E-state index contributed by atoms with van der Waals surface area (Å²) in [7, 11) is 0. The van der Waals surface area contributed by atoms with Crippen LogP contribution in [0.15, 0.2) is 24.3 Å². The van der Waals surface area contributed by atoms with Gasteiger partial charge in [-0.05, 0) is 51.8 Å². The van der Waals surface area contributed by atoms with Crippen molar-refractivity contribution in [1.29, 1.82) is 0 Å². The summed E-state index contributed by atoms with van der Waals surface area (Å²) < 4.78 is 8.00. The number of fused-ring (bicyclic) bond motifs is 3. The van der Waals surface area contributed by atoms with Crippen molar-refractivity contribution in [2.75, 3.05) is 19.6 Å². The standard InChI is InChI=1S/C23H32N4O2/c1-6-25-11-12-26-20-10-8-17(13-18(20)24-21(26)15-25)19-9-7-16(2)14-27(19)22(28)29-23(3,4)5/h8-10,13,16H,6-7,11-12,14-15H2,1-5H3/t16-/m0/s1. The molecule has 0 fully saturated rings. The van der Waals surface area contributed by atoms with Gasteiger partial charge in [0.05, 0.1) is 23.3 Å². The van der Waals surface area contributed by atoms with Gasteiger partial charge in [0.2, 0.25) is 0 Å². The van der Waals surface area contributed by atoms with E-state index in [0.29, 0.717) is 12.5 Å². The van der Waals surface area contributed by atoms with Crippen molar-refractivity contribution < 1.29 is 9.53 Å². The van der Waals surface area contributed by atoms with Crippen LogP contribution >= 0.6 is 0 Å². The van der Waals surface area contributed by atoms with Gasteiger partial charge in [-0.2, -0.15) is 0 Å². The number of aromatic nitrogens is 2. The van der Waals surface area contributed by atoms with Gasteiger partial charge in [0.25, 0.3) is 0 Å². The van der Waals surface area contributed by atoms with E-state index in [2.05, 4.69) is 47.6 Å². The quantitative estimate of drug-likeness (QED) is 0.750. The number of carbonyl (C=O) groups excluding carboxylic acids is 1. The second-order valence-electron chi connectivity index (χ2n) is 9.27. The Morgan fingerprint density at radius 3 is 2.79 bits per heavy atom. The first-order valence-corrected chi connectivity index (χ1v) is 10.7. The Labute approximate surface area is 173 Å². The summed E-state index contributed by atoms with van der Waals surface area (Å²) in [6.45, 7) is 14.7. The van der Waals surface area contributed by atoms with Crippen LogP contribution in [0.1, 0.15) is 52.4 Å². The minimum absolute atomic E-state index is 0.280. The molecule has 0 radical (unpaired) electrons. The zero-order chi connectivity index (χ0) is 20.8. The summed E-state index contributed by atoms with van der Waals surface area (Å²) in [5.74, 6) is 1.54. The normalized spacial score (nSPS) is 20.5. The summed E-state index contributed by atoms with van der Waals surface area (Å²) in [5.41, 5.74) is 3.62. The summed E-state index contributed by atoms with van der Waals surface area (Å²) in [4.78, 5) is 22.0. The number of likely N-dealkylation sites (N-methyl/N-ethyl adjacent to an activating group) is 1. The van der Waals surface area contributed by atoms with E-state index in [0.717, 1.165) is 55.2 Å². The molecule has 29 heavy (non-hydrogen) atoms. The maximum atomic E-state index is 12.9. The number of carbonyl (C=O) groups is 1. The summed E-state index contributed by atoms with van der Waals surface area (Å²) in [6, 6.07) is 6.38. The van der Waals surface area contributed by atoms with E-state index in [9.17, 15) is 4.79 Å². The van der Waals surface area contributed by atoms with Crippen LogP contribution in [0, 0.1) is 5.92 Å². The molecular weight excluding hydrogens is 364 g/mol. The van der Waals surface area contributed by atoms with Crippen molar-refractivity contribution in [2.24, 2.45) is 5.92 Å². The van der Waals surface area contributed by atoms with E-state index in [1.54, 1.807) is 4.90 Å². The molecule has 3 heterocycles. The Morgan fingerprint density at radius 2 is 2.07 bits per heavy atom. The number of hydrogen-bond donors (Lipinski definition) is 0. The van der Waals surface area contributed by atoms with Crippen molar-refractivity contribution in [3.8, 4) is 0 Å². The summed E-state index contributed by atoms with van der Waals surface area (Å²) >= 11 is 0. The minimum Gasteiger partial charge on any atom is -0.443 e. The highest BCUT2D eigenvalue weighted by Crippen LogP contribution is 2.31. The average Bonchev–Trinajstić information content (AvgIpc) is 3.03. The second kappa shape index (κ2) is 7.48. The molecule has 0 aliphatic carbocycles. The van der Waals surface area contributed by atoms with Crippen LogP contribution < -0.4 is 0 Å². The molecule has 156 valence electrons. The molecule has 2 aromatic rings. The van der Waals surface area contributed by atoms with E-state index in [-0.39, 0.29) is 6.09 Å². The van der Waals surface area contributed by atoms with Crippen molar-refractivity contribution >= 4 is 22.8 Å². The van der Waals surface area contributed by atoms with Crippen LogP contribution in [0.3, 0.4) is 0 Å². The van der Waals surface area contributed by atoms with E-state index in [1.807, 2.05) is 20.8 Å². The van der Waals surface area contributed by atoms with E-state index in [4.69, 9.17) is 9.72 Å². The topological polar surface area (TPSA) is 50.6 Å². The van der Waals surface area contributed by atoms with Crippen molar-refractivity contribution in [3.63, 3.8) is 0 Å². The summed E-state index contributed by atoms with van der Waals surface area (Å²) in [6.07, 6.45) is 2.84. The molecule has 0 saturated heterocycles. The molecule has 6 nitrogen and oxygen atoms in total. The zero-order valence-corrected chi connectivity index (χ0v) is 18.2. The van der Waals surface area contributed by atoms with E-state index < -0.39 is 5.60 Å². The van der Waals surface area contributed by atoms with Gasteiger partial charge in [-0.3, -0.25) is 9.80 Å². The Balaban J connectivity index is 1.68. The van der Waals surface area contributed by atoms with Crippen LogP contribution in [0.5, 0.6) is 0 Å². The van der Waals surface area contributed by atoms with Crippen LogP contribution in [0.2, 0.25) is 0 Å². The lowest BCUT2D eigenvalue weighted by Crippen LogP contribution is -2.39. The predicted octanol–water partition coefficient (Wildman–Crippen LogP) is 4.49. The van der Waals surface area contributed by atoms with Gasteiger partial charge in [-0.25, -0.2) is 9.78 Å². The molecule has 0 bridgehead atoms. The monoisotopic (exact) mass is 396 g/mol.